The summed E-state index contributed by atoms with van der Waals surface area (Å²) in [7, 11) is 4.65. The standard InChI is InChI=1S/C16H26N2O9/c1-16(14(22)27-5,9-8-12(20)25-3)18-15(23)17-10(13(21)26-4)6-7-11(19)24-2/h10H,6-9H2,1-5H3,(H2,17,18,23)/t10?,16-/m0/s1. The molecule has 0 aliphatic heterocycles. The predicted molar refractivity (Wildman–Crippen MR) is 90.4 cm³/mol. The predicted octanol–water partition coefficient (Wildman–Crippen LogP) is -0.335. The minimum absolute atomic E-state index is 0.0656. The Hall–Kier alpha value is -2.85. The fourth-order valence-electron chi connectivity index (χ4n) is 2.10. The van der Waals surface area contributed by atoms with Gasteiger partial charge in [0.05, 0.1) is 28.4 Å². The van der Waals surface area contributed by atoms with Crippen molar-refractivity contribution in [1.29, 1.82) is 0 Å². The Bertz CT molecular complexity index is 564. The van der Waals surface area contributed by atoms with Gasteiger partial charge in [0.2, 0.25) is 0 Å². The van der Waals surface area contributed by atoms with Crippen LogP contribution in [-0.2, 0) is 38.1 Å². The second-order valence-corrected chi connectivity index (χ2v) is 5.69. The summed E-state index contributed by atoms with van der Waals surface area (Å²) in [5, 5.41) is 4.71. The van der Waals surface area contributed by atoms with E-state index < -0.39 is 41.5 Å². The van der Waals surface area contributed by atoms with Gasteiger partial charge in [-0.05, 0) is 19.8 Å². The summed E-state index contributed by atoms with van der Waals surface area (Å²) in [6.07, 6.45) is -0.438. The van der Waals surface area contributed by atoms with E-state index in [4.69, 9.17) is 0 Å². The van der Waals surface area contributed by atoms with E-state index in [0.29, 0.717) is 0 Å². The van der Waals surface area contributed by atoms with Gasteiger partial charge in [-0.1, -0.05) is 0 Å². The van der Waals surface area contributed by atoms with Crippen molar-refractivity contribution in [2.45, 2.75) is 44.2 Å². The van der Waals surface area contributed by atoms with Gasteiger partial charge >= 0.3 is 29.9 Å². The highest BCUT2D eigenvalue weighted by atomic mass is 16.5. The number of nitrogens with one attached hydrogen (secondary N) is 2. The van der Waals surface area contributed by atoms with E-state index in [1.807, 2.05) is 0 Å². The molecule has 0 saturated carbocycles. The van der Waals surface area contributed by atoms with Crippen LogP contribution in [0.1, 0.15) is 32.6 Å². The molecule has 0 aromatic rings. The van der Waals surface area contributed by atoms with E-state index in [9.17, 15) is 24.0 Å². The molecular weight excluding hydrogens is 364 g/mol. The maximum atomic E-state index is 12.3. The molecule has 1 unspecified atom stereocenters. The van der Waals surface area contributed by atoms with Gasteiger partial charge in [-0.2, -0.15) is 0 Å². The number of methoxy groups -OCH3 is 4. The first-order valence-electron chi connectivity index (χ1n) is 8.02. The van der Waals surface area contributed by atoms with Crippen LogP contribution in [0.2, 0.25) is 0 Å². The lowest BCUT2D eigenvalue weighted by Gasteiger charge is -2.28. The van der Waals surface area contributed by atoms with Crippen molar-refractivity contribution in [2.24, 2.45) is 0 Å². The van der Waals surface area contributed by atoms with Crippen molar-refractivity contribution in [3.8, 4) is 0 Å². The Morgan fingerprint density at radius 1 is 0.852 bits per heavy atom. The molecule has 2 N–H and O–H groups in total. The van der Waals surface area contributed by atoms with Gasteiger partial charge in [-0.25, -0.2) is 14.4 Å². The van der Waals surface area contributed by atoms with Crippen LogP contribution in [0.25, 0.3) is 0 Å². The van der Waals surface area contributed by atoms with Crippen LogP contribution in [0.15, 0.2) is 0 Å². The maximum absolute atomic E-state index is 12.3. The molecule has 154 valence electrons. The molecule has 0 aromatic heterocycles. The van der Waals surface area contributed by atoms with Gasteiger partial charge in [-0.3, -0.25) is 9.59 Å². The first-order valence-corrected chi connectivity index (χ1v) is 8.02. The molecule has 0 aromatic carbocycles. The van der Waals surface area contributed by atoms with Crippen LogP contribution in [0.5, 0.6) is 0 Å². The molecule has 11 nitrogen and oxygen atoms in total. The average molecular weight is 390 g/mol. The summed E-state index contributed by atoms with van der Waals surface area (Å²) in [5.41, 5.74) is -1.55. The van der Waals surface area contributed by atoms with E-state index in [2.05, 4.69) is 29.6 Å². The molecule has 27 heavy (non-hydrogen) atoms. The summed E-state index contributed by atoms with van der Waals surface area (Å²) < 4.78 is 18.2. The van der Waals surface area contributed by atoms with Crippen LogP contribution >= 0.6 is 0 Å². The molecule has 2 atom stereocenters. The van der Waals surface area contributed by atoms with Crippen LogP contribution < -0.4 is 10.6 Å². The van der Waals surface area contributed by atoms with Gasteiger partial charge in [0, 0.05) is 12.8 Å². The topological polar surface area (TPSA) is 146 Å². The Kier molecular flexibility index (Phi) is 10.5. The first-order chi connectivity index (χ1) is 12.6. The lowest BCUT2D eigenvalue weighted by atomic mass is 9.96. The Labute approximate surface area is 157 Å². The largest absolute Gasteiger partial charge is 0.469 e. The molecule has 0 rings (SSSR count). The quantitative estimate of drug-likeness (QED) is 0.378. The van der Waals surface area contributed by atoms with Gasteiger partial charge in [-0.15, -0.1) is 0 Å². The summed E-state index contributed by atoms with van der Waals surface area (Å²) in [6.45, 7) is 1.36. The highest BCUT2D eigenvalue weighted by Crippen LogP contribution is 2.15. The first kappa shape index (κ1) is 24.1. The van der Waals surface area contributed by atoms with Gasteiger partial charge < -0.3 is 29.6 Å². The van der Waals surface area contributed by atoms with Gasteiger partial charge in [0.1, 0.15) is 11.6 Å². The number of rotatable bonds is 10. The number of hydrogen-bond donors (Lipinski definition) is 2. The Balaban J connectivity index is 5.09. The van der Waals surface area contributed by atoms with Gasteiger partial charge in [0.25, 0.3) is 0 Å². The molecule has 0 aliphatic carbocycles. The number of carbonyl (C=O) groups excluding carboxylic acids is 5. The molecule has 11 heteroatoms. The minimum Gasteiger partial charge on any atom is -0.469 e. The number of carbonyl (C=O) groups is 5. The van der Waals surface area contributed by atoms with Crippen molar-refractivity contribution in [3.05, 3.63) is 0 Å². The number of esters is 4. The third-order valence-corrected chi connectivity index (χ3v) is 3.74. The molecule has 0 fully saturated rings. The van der Waals surface area contributed by atoms with Crippen molar-refractivity contribution < 1.29 is 42.9 Å². The normalized spacial score (nSPS) is 13.4. The van der Waals surface area contributed by atoms with Crippen LogP contribution in [-0.4, -0.2) is 69.9 Å². The van der Waals surface area contributed by atoms with Crippen molar-refractivity contribution in [2.75, 3.05) is 28.4 Å². The van der Waals surface area contributed by atoms with E-state index in [1.54, 1.807) is 0 Å². The number of ether oxygens (including phenoxy) is 4. The highest BCUT2D eigenvalue weighted by Gasteiger charge is 2.37. The van der Waals surface area contributed by atoms with Crippen LogP contribution in [0.4, 0.5) is 4.79 Å². The van der Waals surface area contributed by atoms with E-state index in [0.717, 1.165) is 14.2 Å². The second kappa shape index (κ2) is 11.7. The van der Waals surface area contributed by atoms with Crippen LogP contribution in [0.3, 0.4) is 0 Å². The Morgan fingerprint density at radius 2 is 1.41 bits per heavy atom. The zero-order valence-corrected chi connectivity index (χ0v) is 16.1. The zero-order valence-electron chi connectivity index (χ0n) is 16.1. The third-order valence-electron chi connectivity index (χ3n) is 3.74. The van der Waals surface area contributed by atoms with Gasteiger partial charge in [0.15, 0.2) is 0 Å². The smallest absolute Gasteiger partial charge is 0.331 e. The fourth-order valence-corrected chi connectivity index (χ4v) is 2.10. The summed E-state index contributed by atoms with van der Waals surface area (Å²) in [6, 6.07) is -2.02. The second-order valence-electron chi connectivity index (χ2n) is 5.69. The van der Waals surface area contributed by atoms with Crippen molar-refractivity contribution >= 4 is 29.9 Å². The van der Waals surface area contributed by atoms with Crippen molar-refractivity contribution in [3.63, 3.8) is 0 Å². The molecule has 2 amide bonds. The lowest BCUT2D eigenvalue weighted by molar-refractivity contribution is -0.149. The molecule has 0 spiro atoms. The SMILES string of the molecule is COC(=O)CCC(NC(=O)N[C@@](C)(CCC(=O)OC)C(=O)OC)C(=O)OC. The molecule has 0 aliphatic rings. The number of amides is 2. The molecule has 0 bridgehead atoms. The average Bonchev–Trinajstić information content (AvgIpc) is 2.67. The number of hydrogen-bond acceptors (Lipinski definition) is 9. The number of urea groups is 1. The highest BCUT2D eigenvalue weighted by molar-refractivity contribution is 5.89. The molecule has 0 heterocycles. The molecule has 0 radical (unpaired) electrons. The molecule has 0 saturated heterocycles. The maximum Gasteiger partial charge on any atom is 0.331 e. The fraction of sp³-hybridized carbons (Fsp3) is 0.688. The lowest BCUT2D eigenvalue weighted by Crippen LogP contribution is -2.58. The monoisotopic (exact) mass is 390 g/mol. The third kappa shape index (κ3) is 8.38. The van der Waals surface area contributed by atoms with Crippen LogP contribution in [0, 0.1) is 0 Å². The summed E-state index contributed by atoms with van der Waals surface area (Å²) in [5.74, 6) is -2.70. The summed E-state index contributed by atoms with van der Waals surface area (Å²) >= 11 is 0. The summed E-state index contributed by atoms with van der Waals surface area (Å²) in [4.78, 5) is 58.7. The Morgan fingerprint density at radius 3 is 1.89 bits per heavy atom. The molecular formula is C16H26N2O9. The zero-order chi connectivity index (χ0) is 21.0. The van der Waals surface area contributed by atoms with E-state index in [-0.39, 0.29) is 25.7 Å². The minimum atomic E-state index is -1.55. The van der Waals surface area contributed by atoms with E-state index in [1.165, 1.54) is 21.1 Å². The van der Waals surface area contributed by atoms with E-state index >= 15 is 0 Å². The van der Waals surface area contributed by atoms with Crippen molar-refractivity contribution in [1.82, 2.24) is 10.6 Å².